The Balaban J connectivity index is 1.60. The summed E-state index contributed by atoms with van der Waals surface area (Å²) in [4.78, 5) is 17.1. The van der Waals surface area contributed by atoms with Crippen LogP contribution < -0.4 is 5.32 Å². The second kappa shape index (κ2) is 8.96. The van der Waals surface area contributed by atoms with Gasteiger partial charge < -0.3 is 9.88 Å². The number of carbonyl (C=O) groups is 1. The van der Waals surface area contributed by atoms with Gasteiger partial charge in [-0.2, -0.15) is 0 Å². The summed E-state index contributed by atoms with van der Waals surface area (Å²) < 4.78 is 2.36. The SMILES string of the molecule is CC[C@@H](C)c1ccc(NC(=O)CSc2nc(C)c(C)n2C2CCCC2)cc1. The van der Waals surface area contributed by atoms with E-state index in [4.69, 9.17) is 4.98 Å². The summed E-state index contributed by atoms with van der Waals surface area (Å²) in [6.45, 7) is 8.62. The predicted octanol–water partition coefficient (Wildman–Crippen LogP) is 5.86. The third kappa shape index (κ3) is 4.75. The number of aromatic nitrogens is 2. The Labute approximate surface area is 167 Å². The summed E-state index contributed by atoms with van der Waals surface area (Å²) in [7, 11) is 0. The molecule has 0 saturated heterocycles. The van der Waals surface area contributed by atoms with E-state index in [2.05, 4.69) is 49.7 Å². The monoisotopic (exact) mass is 385 g/mol. The van der Waals surface area contributed by atoms with E-state index < -0.39 is 0 Å². The molecule has 1 aliphatic rings. The zero-order valence-corrected chi connectivity index (χ0v) is 17.7. The summed E-state index contributed by atoms with van der Waals surface area (Å²) in [5, 5.41) is 4.00. The molecule has 5 heteroatoms. The highest BCUT2D eigenvalue weighted by Gasteiger charge is 2.23. The maximum absolute atomic E-state index is 12.4. The number of hydrogen-bond donors (Lipinski definition) is 1. The number of aryl methyl sites for hydroxylation is 1. The lowest BCUT2D eigenvalue weighted by atomic mass is 9.99. The van der Waals surface area contributed by atoms with Crippen molar-refractivity contribution in [3.8, 4) is 0 Å². The van der Waals surface area contributed by atoms with Crippen LogP contribution in [0.15, 0.2) is 29.4 Å². The lowest BCUT2D eigenvalue weighted by Crippen LogP contribution is -2.15. The topological polar surface area (TPSA) is 46.9 Å². The van der Waals surface area contributed by atoms with E-state index in [1.807, 2.05) is 12.1 Å². The second-order valence-corrected chi connectivity index (χ2v) is 8.58. The molecule has 1 aromatic carbocycles. The van der Waals surface area contributed by atoms with Crippen molar-refractivity contribution < 1.29 is 4.79 Å². The third-order valence-electron chi connectivity index (χ3n) is 5.75. The number of nitrogens with zero attached hydrogens (tertiary/aromatic N) is 2. The molecule has 27 heavy (non-hydrogen) atoms. The number of anilines is 1. The van der Waals surface area contributed by atoms with Gasteiger partial charge in [-0.1, -0.05) is 50.6 Å². The van der Waals surface area contributed by atoms with Gasteiger partial charge >= 0.3 is 0 Å². The molecule has 0 radical (unpaired) electrons. The minimum atomic E-state index is 0.0209. The van der Waals surface area contributed by atoms with Crippen LogP contribution in [-0.2, 0) is 4.79 Å². The average Bonchev–Trinajstić information content (AvgIpc) is 3.28. The normalized spacial score (nSPS) is 15.9. The molecule has 2 aromatic rings. The molecule has 1 atom stereocenters. The predicted molar refractivity (Wildman–Crippen MR) is 114 cm³/mol. The van der Waals surface area contributed by atoms with Crippen molar-refractivity contribution >= 4 is 23.4 Å². The van der Waals surface area contributed by atoms with Gasteiger partial charge in [0.2, 0.25) is 5.91 Å². The fraction of sp³-hybridized carbons (Fsp3) is 0.545. The largest absolute Gasteiger partial charge is 0.325 e. The number of imidazole rings is 1. The minimum Gasteiger partial charge on any atom is -0.325 e. The van der Waals surface area contributed by atoms with Gasteiger partial charge in [0.1, 0.15) is 0 Å². The molecule has 1 amide bonds. The van der Waals surface area contributed by atoms with Crippen LogP contribution in [0.2, 0.25) is 0 Å². The lowest BCUT2D eigenvalue weighted by Gasteiger charge is -2.17. The maximum atomic E-state index is 12.4. The van der Waals surface area contributed by atoms with Crippen LogP contribution in [0, 0.1) is 13.8 Å². The summed E-state index contributed by atoms with van der Waals surface area (Å²) >= 11 is 1.55. The van der Waals surface area contributed by atoms with Crippen molar-refractivity contribution in [2.24, 2.45) is 0 Å². The van der Waals surface area contributed by atoms with E-state index in [9.17, 15) is 4.79 Å². The summed E-state index contributed by atoms with van der Waals surface area (Å²) in [5.41, 5.74) is 4.49. The molecule has 0 bridgehead atoms. The van der Waals surface area contributed by atoms with E-state index in [-0.39, 0.29) is 5.91 Å². The highest BCUT2D eigenvalue weighted by Crippen LogP contribution is 2.35. The average molecular weight is 386 g/mol. The molecule has 4 nitrogen and oxygen atoms in total. The Bertz CT molecular complexity index is 776. The smallest absolute Gasteiger partial charge is 0.234 e. The summed E-state index contributed by atoms with van der Waals surface area (Å²) in [6.07, 6.45) is 6.14. The van der Waals surface area contributed by atoms with Crippen molar-refractivity contribution in [1.29, 1.82) is 0 Å². The first-order chi connectivity index (χ1) is 13.0. The number of nitrogens with one attached hydrogen (secondary N) is 1. The Morgan fingerprint density at radius 1 is 1.26 bits per heavy atom. The van der Waals surface area contributed by atoms with Gasteiger partial charge in [0.25, 0.3) is 0 Å². The van der Waals surface area contributed by atoms with Crippen molar-refractivity contribution in [2.75, 3.05) is 11.1 Å². The van der Waals surface area contributed by atoms with Crippen LogP contribution in [0.4, 0.5) is 5.69 Å². The molecule has 1 N–H and O–H groups in total. The fourth-order valence-corrected chi connectivity index (χ4v) is 4.71. The van der Waals surface area contributed by atoms with Crippen LogP contribution in [0.1, 0.15) is 74.9 Å². The zero-order valence-electron chi connectivity index (χ0n) is 16.9. The molecular formula is C22H31N3OS. The van der Waals surface area contributed by atoms with Crippen molar-refractivity contribution in [1.82, 2.24) is 9.55 Å². The Morgan fingerprint density at radius 3 is 2.56 bits per heavy atom. The molecule has 1 saturated carbocycles. The number of hydrogen-bond acceptors (Lipinski definition) is 3. The maximum Gasteiger partial charge on any atom is 0.234 e. The van der Waals surface area contributed by atoms with Gasteiger partial charge in [0.05, 0.1) is 11.4 Å². The van der Waals surface area contributed by atoms with Gasteiger partial charge in [-0.05, 0) is 56.7 Å². The van der Waals surface area contributed by atoms with Gasteiger partial charge in [-0.15, -0.1) is 0 Å². The molecule has 0 aliphatic heterocycles. The molecule has 1 fully saturated rings. The first-order valence-electron chi connectivity index (χ1n) is 10.1. The van der Waals surface area contributed by atoms with E-state index in [1.165, 1.54) is 36.9 Å². The highest BCUT2D eigenvalue weighted by atomic mass is 32.2. The van der Waals surface area contributed by atoms with Gasteiger partial charge in [0.15, 0.2) is 5.16 Å². The molecular weight excluding hydrogens is 354 g/mol. The third-order valence-corrected chi connectivity index (χ3v) is 6.71. The lowest BCUT2D eigenvalue weighted by molar-refractivity contribution is -0.113. The molecule has 0 spiro atoms. The van der Waals surface area contributed by atoms with Gasteiger partial charge in [-0.3, -0.25) is 4.79 Å². The summed E-state index contributed by atoms with van der Waals surface area (Å²) in [5.74, 6) is 0.953. The Hall–Kier alpha value is -1.75. The van der Waals surface area contributed by atoms with Gasteiger partial charge in [-0.25, -0.2) is 4.98 Å². The second-order valence-electron chi connectivity index (χ2n) is 7.64. The number of amides is 1. The zero-order chi connectivity index (χ0) is 19.4. The van der Waals surface area contributed by atoms with Crippen LogP contribution in [0.5, 0.6) is 0 Å². The van der Waals surface area contributed by atoms with Crippen molar-refractivity contribution in [2.45, 2.75) is 76.9 Å². The standard InChI is InChI=1S/C22H31N3OS/c1-5-15(2)18-10-12-19(13-11-18)24-21(26)14-27-22-23-16(3)17(4)25(22)20-8-6-7-9-20/h10-13,15,20H,5-9,14H2,1-4H3,(H,24,26)/t15-/m1/s1. The van der Waals surface area contributed by atoms with Gasteiger partial charge in [0, 0.05) is 17.4 Å². The van der Waals surface area contributed by atoms with Crippen LogP contribution in [0.25, 0.3) is 0 Å². The fourth-order valence-electron chi connectivity index (χ4n) is 3.75. The molecule has 1 aromatic heterocycles. The molecule has 1 heterocycles. The van der Waals surface area contributed by atoms with E-state index in [0.29, 0.717) is 17.7 Å². The molecule has 3 rings (SSSR count). The molecule has 1 aliphatic carbocycles. The highest BCUT2D eigenvalue weighted by molar-refractivity contribution is 7.99. The van der Waals surface area contributed by atoms with E-state index in [0.717, 1.165) is 23.0 Å². The quantitative estimate of drug-likeness (QED) is 0.607. The number of thioether (sulfide) groups is 1. The van der Waals surface area contributed by atoms with Crippen LogP contribution in [0.3, 0.4) is 0 Å². The van der Waals surface area contributed by atoms with Crippen molar-refractivity contribution in [3.05, 3.63) is 41.2 Å². The van der Waals surface area contributed by atoms with Crippen LogP contribution >= 0.6 is 11.8 Å². The first kappa shape index (κ1) is 20.0. The number of carbonyl (C=O) groups excluding carboxylic acids is 1. The van der Waals surface area contributed by atoms with Crippen LogP contribution in [-0.4, -0.2) is 21.2 Å². The summed E-state index contributed by atoms with van der Waals surface area (Å²) in [6, 6.07) is 8.76. The van der Waals surface area contributed by atoms with E-state index in [1.54, 1.807) is 11.8 Å². The first-order valence-corrected chi connectivity index (χ1v) is 11.1. The Kier molecular flexibility index (Phi) is 6.64. The van der Waals surface area contributed by atoms with Crippen molar-refractivity contribution in [3.63, 3.8) is 0 Å². The van der Waals surface area contributed by atoms with E-state index >= 15 is 0 Å². The number of rotatable bonds is 7. The number of benzene rings is 1. The molecule has 146 valence electrons. The Morgan fingerprint density at radius 2 is 1.93 bits per heavy atom. The molecule has 0 unspecified atom stereocenters. The minimum absolute atomic E-state index is 0.0209.